The Balaban J connectivity index is 1.39. The number of piperidine rings is 1. The zero-order valence-electron chi connectivity index (χ0n) is 14.4. The van der Waals surface area contributed by atoms with Gasteiger partial charge in [-0.15, -0.1) is 11.3 Å². The first-order valence-electron chi connectivity index (χ1n) is 8.83. The number of amides is 1. The number of benzene rings is 1. The van der Waals surface area contributed by atoms with E-state index in [2.05, 4.69) is 5.10 Å². The number of nitrogens with zero attached hydrogens (tertiary/aromatic N) is 3. The van der Waals surface area contributed by atoms with E-state index in [0.29, 0.717) is 18.7 Å². The van der Waals surface area contributed by atoms with Crippen LogP contribution in [0.1, 0.15) is 34.2 Å². The molecule has 1 unspecified atom stereocenters. The molecule has 0 bridgehead atoms. The van der Waals surface area contributed by atoms with E-state index in [-0.39, 0.29) is 11.8 Å². The van der Waals surface area contributed by atoms with E-state index in [4.69, 9.17) is 0 Å². The van der Waals surface area contributed by atoms with Gasteiger partial charge in [0.1, 0.15) is 0 Å². The number of aromatic nitrogens is 2. The fourth-order valence-corrected chi connectivity index (χ4v) is 4.25. The predicted molar refractivity (Wildman–Crippen MR) is 101 cm³/mol. The summed E-state index contributed by atoms with van der Waals surface area (Å²) in [6, 6.07) is 13.7. The fourth-order valence-electron chi connectivity index (χ4n) is 3.45. The van der Waals surface area contributed by atoms with Crippen LogP contribution in [-0.2, 0) is 0 Å². The third-order valence-electron chi connectivity index (χ3n) is 4.96. The molecule has 1 aliphatic rings. The molecule has 1 fully saturated rings. The third-order valence-corrected chi connectivity index (χ3v) is 5.90. The standard InChI is InChI=1S/C20H21N3O2S/c24-19(18-7-4-12-26-18)15-8-10-22(11-9-15)20(25)16-13-21-23(14-16)17-5-2-1-3-6-17/h1-7,12-15,19,24H,8-11H2. The van der Waals surface area contributed by atoms with Gasteiger partial charge in [-0.3, -0.25) is 4.79 Å². The highest BCUT2D eigenvalue weighted by Crippen LogP contribution is 2.33. The van der Waals surface area contributed by atoms with Crippen LogP contribution in [0.15, 0.2) is 60.2 Å². The Labute approximate surface area is 156 Å². The number of carbonyl (C=O) groups excluding carboxylic acids is 1. The first kappa shape index (κ1) is 17.0. The molecule has 1 N–H and O–H groups in total. The zero-order chi connectivity index (χ0) is 17.9. The lowest BCUT2D eigenvalue weighted by atomic mass is 9.90. The second-order valence-corrected chi connectivity index (χ2v) is 7.58. The number of thiophene rings is 1. The zero-order valence-corrected chi connectivity index (χ0v) is 15.2. The van der Waals surface area contributed by atoms with Crippen molar-refractivity contribution in [1.29, 1.82) is 0 Å². The van der Waals surface area contributed by atoms with E-state index in [1.165, 1.54) is 0 Å². The summed E-state index contributed by atoms with van der Waals surface area (Å²) < 4.78 is 1.72. The van der Waals surface area contributed by atoms with Gasteiger partial charge in [-0.1, -0.05) is 24.3 Å². The van der Waals surface area contributed by atoms with Crippen molar-refractivity contribution >= 4 is 17.2 Å². The molecule has 3 aromatic rings. The predicted octanol–water partition coefficient (Wildman–Crippen LogP) is 3.52. The summed E-state index contributed by atoms with van der Waals surface area (Å²) in [4.78, 5) is 15.6. The molecular formula is C20H21N3O2S. The van der Waals surface area contributed by atoms with Gasteiger partial charge in [0.15, 0.2) is 0 Å². The second kappa shape index (κ2) is 7.43. The second-order valence-electron chi connectivity index (χ2n) is 6.60. The van der Waals surface area contributed by atoms with Crippen molar-refractivity contribution in [3.05, 3.63) is 70.7 Å². The molecule has 0 radical (unpaired) electrons. The lowest BCUT2D eigenvalue weighted by molar-refractivity contribution is 0.0474. The number of para-hydroxylation sites is 1. The third kappa shape index (κ3) is 3.43. The quantitative estimate of drug-likeness (QED) is 0.768. The molecule has 0 spiro atoms. The summed E-state index contributed by atoms with van der Waals surface area (Å²) in [6.45, 7) is 1.34. The van der Waals surface area contributed by atoms with E-state index < -0.39 is 6.10 Å². The number of hydrogen-bond donors (Lipinski definition) is 1. The van der Waals surface area contributed by atoms with Crippen molar-refractivity contribution < 1.29 is 9.90 Å². The Morgan fingerprint density at radius 2 is 1.92 bits per heavy atom. The van der Waals surface area contributed by atoms with Gasteiger partial charge in [0, 0.05) is 24.2 Å². The van der Waals surface area contributed by atoms with Gasteiger partial charge >= 0.3 is 0 Å². The summed E-state index contributed by atoms with van der Waals surface area (Å²) >= 11 is 1.59. The molecule has 134 valence electrons. The molecule has 3 heterocycles. The van der Waals surface area contributed by atoms with Crippen LogP contribution in [0.3, 0.4) is 0 Å². The van der Waals surface area contributed by atoms with Crippen LogP contribution < -0.4 is 0 Å². The molecular weight excluding hydrogens is 346 g/mol. The van der Waals surface area contributed by atoms with Crippen LogP contribution in [0.5, 0.6) is 0 Å². The van der Waals surface area contributed by atoms with Gasteiger partial charge < -0.3 is 10.0 Å². The highest BCUT2D eigenvalue weighted by molar-refractivity contribution is 7.10. The minimum absolute atomic E-state index is 0.0104. The van der Waals surface area contributed by atoms with Crippen molar-refractivity contribution in [1.82, 2.24) is 14.7 Å². The van der Waals surface area contributed by atoms with E-state index in [9.17, 15) is 9.90 Å². The Kier molecular flexibility index (Phi) is 4.86. The molecule has 2 aromatic heterocycles. The van der Waals surface area contributed by atoms with Crippen LogP contribution >= 0.6 is 11.3 Å². The highest BCUT2D eigenvalue weighted by Gasteiger charge is 2.29. The maximum absolute atomic E-state index is 12.8. The van der Waals surface area contributed by atoms with E-state index in [0.717, 1.165) is 23.4 Å². The smallest absolute Gasteiger partial charge is 0.257 e. The van der Waals surface area contributed by atoms with Gasteiger partial charge in [0.25, 0.3) is 5.91 Å². The van der Waals surface area contributed by atoms with Crippen molar-refractivity contribution in [3.63, 3.8) is 0 Å². The van der Waals surface area contributed by atoms with E-state index in [1.807, 2.05) is 52.7 Å². The number of likely N-dealkylation sites (tertiary alicyclic amines) is 1. The number of carbonyl (C=O) groups is 1. The summed E-state index contributed by atoms with van der Waals surface area (Å²) in [5, 5.41) is 16.8. The number of hydrogen-bond acceptors (Lipinski definition) is 4. The summed E-state index contributed by atoms with van der Waals surface area (Å²) in [5.74, 6) is 0.223. The summed E-state index contributed by atoms with van der Waals surface area (Å²) in [6.07, 6.45) is 4.62. The van der Waals surface area contributed by atoms with Crippen LogP contribution in [0.4, 0.5) is 0 Å². The Bertz CT molecular complexity index is 852. The molecule has 5 nitrogen and oxygen atoms in total. The SMILES string of the molecule is O=C(c1cnn(-c2ccccc2)c1)N1CCC(C(O)c2cccs2)CC1. The summed E-state index contributed by atoms with van der Waals surface area (Å²) in [7, 11) is 0. The van der Waals surface area contributed by atoms with E-state index in [1.54, 1.807) is 28.4 Å². The first-order chi connectivity index (χ1) is 12.7. The monoisotopic (exact) mass is 367 g/mol. The molecule has 0 saturated carbocycles. The van der Waals surface area contributed by atoms with Crippen molar-refractivity contribution in [2.75, 3.05) is 13.1 Å². The fraction of sp³-hybridized carbons (Fsp3) is 0.300. The van der Waals surface area contributed by atoms with Gasteiger partial charge in [-0.25, -0.2) is 4.68 Å². The molecule has 26 heavy (non-hydrogen) atoms. The number of aliphatic hydroxyl groups excluding tert-OH is 1. The topological polar surface area (TPSA) is 58.4 Å². The molecule has 1 atom stereocenters. The van der Waals surface area contributed by atoms with Crippen LogP contribution in [0, 0.1) is 5.92 Å². The normalized spacial score (nSPS) is 16.6. The van der Waals surface area contributed by atoms with Crippen LogP contribution in [0.2, 0.25) is 0 Å². The van der Waals surface area contributed by atoms with Gasteiger partial charge in [0.2, 0.25) is 0 Å². The lowest BCUT2D eigenvalue weighted by Crippen LogP contribution is -2.39. The maximum atomic E-state index is 12.8. The molecule has 1 amide bonds. The highest BCUT2D eigenvalue weighted by atomic mass is 32.1. The molecule has 1 aliphatic heterocycles. The maximum Gasteiger partial charge on any atom is 0.257 e. The van der Waals surface area contributed by atoms with Gasteiger partial charge in [-0.05, 0) is 42.3 Å². The molecule has 6 heteroatoms. The van der Waals surface area contributed by atoms with Crippen molar-refractivity contribution in [2.45, 2.75) is 18.9 Å². The molecule has 4 rings (SSSR count). The largest absolute Gasteiger partial charge is 0.387 e. The molecule has 0 aliphatic carbocycles. The van der Waals surface area contributed by atoms with Gasteiger partial charge in [-0.2, -0.15) is 5.10 Å². The summed E-state index contributed by atoms with van der Waals surface area (Å²) in [5.41, 5.74) is 1.54. The molecule has 1 saturated heterocycles. The van der Waals surface area contributed by atoms with Gasteiger partial charge in [0.05, 0.1) is 23.6 Å². The lowest BCUT2D eigenvalue weighted by Gasteiger charge is -2.33. The van der Waals surface area contributed by atoms with Crippen LogP contribution in [-0.4, -0.2) is 38.8 Å². The average Bonchev–Trinajstić information content (AvgIpc) is 3.40. The van der Waals surface area contributed by atoms with Crippen molar-refractivity contribution in [3.8, 4) is 5.69 Å². The Morgan fingerprint density at radius 3 is 2.62 bits per heavy atom. The Morgan fingerprint density at radius 1 is 1.15 bits per heavy atom. The average molecular weight is 367 g/mol. The number of rotatable bonds is 4. The Hall–Kier alpha value is -2.44. The minimum Gasteiger partial charge on any atom is -0.387 e. The first-order valence-corrected chi connectivity index (χ1v) is 9.71. The van der Waals surface area contributed by atoms with Crippen molar-refractivity contribution in [2.24, 2.45) is 5.92 Å². The van der Waals surface area contributed by atoms with Crippen LogP contribution in [0.25, 0.3) is 5.69 Å². The number of aliphatic hydroxyl groups is 1. The molecule has 1 aromatic carbocycles. The van der Waals surface area contributed by atoms with E-state index >= 15 is 0 Å². The minimum atomic E-state index is -0.423.